The predicted octanol–water partition coefficient (Wildman–Crippen LogP) is 3.11. The molecule has 0 fully saturated rings. The summed E-state index contributed by atoms with van der Waals surface area (Å²) >= 11 is 0. The number of esters is 1. The molecule has 0 saturated heterocycles. The van der Waals surface area contributed by atoms with E-state index in [1.807, 2.05) is 6.07 Å². The first-order valence-electron chi connectivity index (χ1n) is 10.6. The van der Waals surface area contributed by atoms with E-state index in [-0.39, 0.29) is 22.6 Å². The standard InChI is InChI=1S/C26H18N4O6/c1-15(31)28-18-7-9-20(10-8-18)30-24(33)21-11-4-17(12-22(21)25(30)34)26(35)36-14-23(32)29-19-5-2-16(13-27)3-6-19/h2-12H,14H2,1H3,(H,28,31)(H,29,32). The van der Waals surface area contributed by atoms with Crippen molar-refractivity contribution in [3.8, 4) is 6.07 Å². The van der Waals surface area contributed by atoms with E-state index in [1.54, 1.807) is 24.3 Å². The zero-order valence-electron chi connectivity index (χ0n) is 18.9. The van der Waals surface area contributed by atoms with Crippen LogP contribution in [0.15, 0.2) is 66.7 Å². The summed E-state index contributed by atoms with van der Waals surface area (Å²) in [6.45, 7) is 0.790. The molecular weight excluding hydrogens is 464 g/mol. The normalized spacial score (nSPS) is 11.9. The number of benzene rings is 3. The van der Waals surface area contributed by atoms with Gasteiger partial charge in [0.25, 0.3) is 17.7 Å². The Morgan fingerprint density at radius 1 is 0.861 bits per heavy atom. The van der Waals surface area contributed by atoms with E-state index < -0.39 is 30.3 Å². The van der Waals surface area contributed by atoms with Crippen LogP contribution in [0, 0.1) is 11.3 Å². The molecule has 36 heavy (non-hydrogen) atoms. The van der Waals surface area contributed by atoms with Gasteiger partial charge in [-0.25, -0.2) is 9.69 Å². The number of nitrogens with zero attached hydrogens (tertiary/aromatic N) is 2. The molecule has 10 nitrogen and oxygen atoms in total. The second-order valence-electron chi connectivity index (χ2n) is 7.75. The van der Waals surface area contributed by atoms with Gasteiger partial charge in [-0.1, -0.05) is 0 Å². The summed E-state index contributed by atoms with van der Waals surface area (Å²) in [5, 5.41) is 14.0. The zero-order valence-corrected chi connectivity index (χ0v) is 18.9. The van der Waals surface area contributed by atoms with Crippen molar-refractivity contribution in [2.75, 3.05) is 22.1 Å². The quantitative estimate of drug-likeness (QED) is 0.405. The molecule has 4 rings (SSSR count). The van der Waals surface area contributed by atoms with Gasteiger partial charge in [0.1, 0.15) is 0 Å². The molecule has 0 spiro atoms. The van der Waals surface area contributed by atoms with Crippen LogP contribution in [0.1, 0.15) is 43.6 Å². The molecule has 0 bridgehead atoms. The highest BCUT2D eigenvalue weighted by Gasteiger charge is 2.37. The van der Waals surface area contributed by atoms with Gasteiger partial charge in [-0.2, -0.15) is 5.26 Å². The number of nitrogens with one attached hydrogen (secondary N) is 2. The van der Waals surface area contributed by atoms with E-state index in [4.69, 9.17) is 10.00 Å². The number of rotatable bonds is 6. The molecule has 4 amide bonds. The molecule has 0 atom stereocenters. The Labute approximate surface area is 205 Å². The van der Waals surface area contributed by atoms with Gasteiger partial charge in [-0.3, -0.25) is 19.2 Å². The molecule has 0 aliphatic carbocycles. The van der Waals surface area contributed by atoms with E-state index in [0.29, 0.717) is 22.6 Å². The van der Waals surface area contributed by atoms with Crippen molar-refractivity contribution in [3.63, 3.8) is 0 Å². The summed E-state index contributed by atoms with van der Waals surface area (Å²) in [5.41, 5.74) is 1.84. The van der Waals surface area contributed by atoms with Gasteiger partial charge in [0.15, 0.2) is 6.61 Å². The smallest absolute Gasteiger partial charge is 0.338 e. The first-order valence-corrected chi connectivity index (χ1v) is 10.6. The highest BCUT2D eigenvalue weighted by atomic mass is 16.5. The summed E-state index contributed by atoms with van der Waals surface area (Å²) in [6.07, 6.45) is 0. The number of hydrogen-bond acceptors (Lipinski definition) is 7. The maximum atomic E-state index is 13.0. The van der Waals surface area contributed by atoms with Crippen LogP contribution < -0.4 is 15.5 Å². The van der Waals surface area contributed by atoms with Crippen LogP contribution in [-0.4, -0.2) is 36.2 Å². The van der Waals surface area contributed by atoms with Crippen molar-refractivity contribution in [2.24, 2.45) is 0 Å². The van der Waals surface area contributed by atoms with Crippen molar-refractivity contribution in [1.29, 1.82) is 5.26 Å². The van der Waals surface area contributed by atoms with Gasteiger partial charge in [0, 0.05) is 18.3 Å². The molecule has 178 valence electrons. The molecule has 0 saturated carbocycles. The number of imide groups is 1. The number of fused-ring (bicyclic) bond motifs is 1. The Morgan fingerprint density at radius 3 is 2.11 bits per heavy atom. The summed E-state index contributed by atoms with van der Waals surface area (Å²) in [6, 6.07) is 18.2. The SMILES string of the molecule is CC(=O)Nc1ccc(N2C(=O)c3ccc(C(=O)OCC(=O)Nc4ccc(C#N)cc4)cc3C2=O)cc1. The van der Waals surface area contributed by atoms with Gasteiger partial charge in [-0.05, 0) is 66.7 Å². The van der Waals surface area contributed by atoms with Gasteiger partial charge < -0.3 is 15.4 Å². The number of hydrogen-bond donors (Lipinski definition) is 2. The fourth-order valence-corrected chi connectivity index (χ4v) is 3.54. The van der Waals surface area contributed by atoms with Crippen molar-refractivity contribution in [1.82, 2.24) is 0 Å². The van der Waals surface area contributed by atoms with Gasteiger partial charge in [0.05, 0.1) is 34.0 Å². The Kier molecular flexibility index (Phi) is 6.56. The lowest BCUT2D eigenvalue weighted by Crippen LogP contribution is -2.29. The first-order chi connectivity index (χ1) is 17.3. The largest absolute Gasteiger partial charge is 0.452 e. The minimum absolute atomic E-state index is 0.00364. The molecule has 1 aliphatic heterocycles. The third-order valence-corrected chi connectivity index (χ3v) is 5.20. The topological polar surface area (TPSA) is 146 Å². The Balaban J connectivity index is 1.42. The molecule has 3 aromatic carbocycles. The number of carbonyl (C=O) groups excluding carboxylic acids is 5. The van der Waals surface area contributed by atoms with E-state index >= 15 is 0 Å². The number of ether oxygens (including phenoxy) is 1. The highest BCUT2D eigenvalue weighted by molar-refractivity contribution is 6.34. The lowest BCUT2D eigenvalue weighted by atomic mass is 10.1. The van der Waals surface area contributed by atoms with Gasteiger partial charge >= 0.3 is 5.97 Å². The van der Waals surface area contributed by atoms with E-state index in [1.165, 1.54) is 49.4 Å². The lowest BCUT2D eigenvalue weighted by molar-refractivity contribution is -0.119. The minimum atomic E-state index is -0.842. The highest BCUT2D eigenvalue weighted by Crippen LogP contribution is 2.30. The summed E-state index contributed by atoms with van der Waals surface area (Å²) in [4.78, 5) is 62.5. The molecule has 0 radical (unpaired) electrons. The van der Waals surface area contributed by atoms with Crippen LogP contribution in [0.4, 0.5) is 17.1 Å². The molecular formula is C26H18N4O6. The number of carbonyl (C=O) groups is 5. The molecule has 2 N–H and O–H groups in total. The van der Waals surface area contributed by atoms with Gasteiger partial charge in [-0.15, -0.1) is 0 Å². The van der Waals surface area contributed by atoms with Crippen LogP contribution in [0.2, 0.25) is 0 Å². The second kappa shape index (κ2) is 9.90. The number of nitriles is 1. The first kappa shape index (κ1) is 23.8. The third-order valence-electron chi connectivity index (χ3n) is 5.20. The van der Waals surface area contributed by atoms with E-state index in [9.17, 15) is 24.0 Å². The molecule has 3 aromatic rings. The monoisotopic (exact) mass is 482 g/mol. The molecule has 1 aliphatic rings. The van der Waals surface area contributed by atoms with Crippen LogP contribution in [0.25, 0.3) is 0 Å². The fourth-order valence-electron chi connectivity index (χ4n) is 3.54. The average Bonchev–Trinajstić information content (AvgIpc) is 3.12. The third kappa shape index (κ3) is 4.95. The van der Waals surface area contributed by atoms with Crippen LogP contribution >= 0.6 is 0 Å². The van der Waals surface area contributed by atoms with Crippen molar-refractivity contribution < 1.29 is 28.7 Å². The van der Waals surface area contributed by atoms with E-state index in [0.717, 1.165) is 4.90 Å². The predicted molar refractivity (Wildman–Crippen MR) is 128 cm³/mol. The fraction of sp³-hybridized carbons (Fsp3) is 0.0769. The van der Waals surface area contributed by atoms with Crippen LogP contribution in [0.5, 0.6) is 0 Å². The van der Waals surface area contributed by atoms with E-state index in [2.05, 4.69) is 10.6 Å². The second-order valence-corrected chi connectivity index (χ2v) is 7.75. The summed E-state index contributed by atoms with van der Waals surface area (Å²) in [7, 11) is 0. The molecule has 10 heteroatoms. The Bertz CT molecular complexity index is 1440. The number of anilines is 3. The Hall–Kier alpha value is -5.30. The maximum Gasteiger partial charge on any atom is 0.338 e. The van der Waals surface area contributed by atoms with Gasteiger partial charge in [0.2, 0.25) is 5.91 Å². The van der Waals surface area contributed by atoms with Crippen molar-refractivity contribution >= 4 is 46.7 Å². The maximum absolute atomic E-state index is 13.0. The molecule has 0 aromatic heterocycles. The zero-order chi connectivity index (χ0) is 25.8. The lowest BCUT2D eigenvalue weighted by Gasteiger charge is -2.14. The summed E-state index contributed by atoms with van der Waals surface area (Å²) in [5.74, 6) is -2.85. The van der Waals surface area contributed by atoms with Crippen LogP contribution in [0.3, 0.4) is 0 Å². The average molecular weight is 482 g/mol. The number of amides is 4. The van der Waals surface area contributed by atoms with Crippen molar-refractivity contribution in [2.45, 2.75) is 6.92 Å². The van der Waals surface area contributed by atoms with Crippen LogP contribution in [-0.2, 0) is 14.3 Å². The Morgan fingerprint density at radius 2 is 1.47 bits per heavy atom. The summed E-state index contributed by atoms with van der Waals surface area (Å²) < 4.78 is 5.04. The van der Waals surface area contributed by atoms with Crippen molar-refractivity contribution in [3.05, 3.63) is 89.0 Å². The molecule has 1 heterocycles. The minimum Gasteiger partial charge on any atom is -0.452 e. The molecule has 0 unspecified atom stereocenters.